The molecule has 1 spiro atoms. The van der Waals surface area contributed by atoms with E-state index in [1.165, 1.54) is 11.8 Å². The lowest BCUT2D eigenvalue weighted by Gasteiger charge is -2.42. The molecule has 2 aliphatic rings. The van der Waals surface area contributed by atoms with Crippen LogP contribution in [0.3, 0.4) is 0 Å². The van der Waals surface area contributed by atoms with Crippen LogP contribution in [0.15, 0.2) is 39.4 Å². The molecule has 1 saturated heterocycles. The van der Waals surface area contributed by atoms with E-state index in [1.54, 1.807) is 18.5 Å². The second-order valence-electron chi connectivity index (χ2n) is 8.58. The van der Waals surface area contributed by atoms with E-state index in [0.29, 0.717) is 47.4 Å². The van der Waals surface area contributed by atoms with Crippen LogP contribution in [0.4, 0.5) is 20.5 Å². The molecular formula is C21H21Cl2F2N7S. The number of pyridine rings is 1. The van der Waals surface area contributed by atoms with Gasteiger partial charge in [0, 0.05) is 54.8 Å². The number of hydrogen-bond acceptors (Lipinski definition) is 7. The molecule has 1 saturated carbocycles. The minimum Gasteiger partial charge on any atom is -0.384 e. The summed E-state index contributed by atoms with van der Waals surface area (Å²) in [6, 6.07) is 1.25. The third-order valence-electron chi connectivity index (χ3n) is 6.57. The first kappa shape index (κ1) is 22.6. The van der Waals surface area contributed by atoms with E-state index in [9.17, 15) is 8.78 Å². The third-order valence-corrected chi connectivity index (χ3v) is 8.48. The zero-order chi connectivity index (χ0) is 23.4. The van der Waals surface area contributed by atoms with Crippen molar-refractivity contribution in [3.63, 3.8) is 0 Å². The molecule has 12 heteroatoms. The number of aromatic nitrogens is 4. The predicted molar refractivity (Wildman–Crippen MR) is 127 cm³/mol. The van der Waals surface area contributed by atoms with E-state index in [0.717, 1.165) is 4.90 Å². The SMILES string of the molecule is C=NC1CC(F)(F)CC12CCN(c1ncc(Sc3cc(N)nc(Cl)c3Cl)c3nccn13)CC2. The van der Waals surface area contributed by atoms with E-state index in [2.05, 4.69) is 31.6 Å². The second kappa shape index (κ2) is 8.25. The number of rotatable bonds is 4. The molecule has 1 unspecified atom stereocenters. The van der Waals surface area contributed by atoms with Gasteiger partial charge in [-0.3, -0.25) is 9.39 Å². The molecule has 1 aliphatic carbocycles. The fraction of sp³-hybridized carbons (Fsp3) is 0.429. The molecule has 0 bridgehead atoms. The van der Waals surface area contributed by atoms with Gasteiger partial charge in [0.1, 0.15) is 5.82 Å². The van der Waals surface area contributed by atoms with Gasteiger partial charge < -0.3 is 10.6 Å². The molecule has 1 atom stereocenters. The lowest BCUT2D eigenvalue weighted by Crippen LogP contribution is -2.44. The highest BCUT2D eigenvalue weighted by Crippen LogP contribution is 2.54. The monoisotopic (exact) mass is 511 g/mol. The smallest absolute Gasteiger partial charge is 0.250 e. The van der Waals surface area contributed by atoms with Crippen molar-refractivity contribution < 1.29 is 8.78 Å². The third kappa shape index (κ3) is 4.02. The van der Waals surface area contributed by atoms with Crippen molar-refractivity contribution in [3.8, 4) is 0 Å². The molecule has 0 amide bonds. The van der Waals surface area contributed by atoms with Gasteiger partial charge in [0.05, 0.1) is 16.0 Å². The first-order chi connectivity index (χ1) is 15.7. The average molecular weight is 512 g/mol. The zero-order valence-electron chi connectivity index (χ0n) is 17.5. The average Bonchev–Trinajstić information content (AvgIpc) is 3.35. The van der Waals surface area contributed by atoms with Gasteiger partial charge in [-0.2, -0.15) is 0 Å². The maximum Gasteiger partial charge on any atom is 0.250 e. The molecule has 3 aromatic heterocycles. The first-order valence-electron chi connectivity index (χ1n) is 10.4. The first-order valence-corrected chi connectivity index (χ1v) is 12.0. The Morgan fingerprint density at radius 1 is 1.21 bits per heavy atom. The van der Waals surface area contributed by atoms with Gasteiger partial charge in [0.25, 0.3) is 5.92 Å². The molecule has 3 aromatic rings. The number of alkyl halides is 2. The van der Waals surface area contributed by atoms with E-state index < -0.39 is 17.4 Å². The molecule has 4 heterocycles. The Morgan fingerprint density at radius 3 is 2.70 bits per heavy atom. The molecular weight excluding hydrogens is 491 g/mol. The number of aliphatic imine (C=N–C) groups is 1. The van der Waals surface area contributed by atoms with Crippen molar-refractivity contribution in [3.05, 3.63) is 34.8 Å². The Kier molecular flexibility index (Phi) is 5.65. The Bertz CT molecular complexity index is 1230. The summed E-state index contributed by atoms with van der Waals surface area (Å²) in [5, 5.41) is 0.444. The van der Waals surface area contributed by atoms with Crippen LogP contribution < -0.4 is 10.6 Å². The molecule has 0 radical (unpaired) electrons. The predicted octanol–water partition coefficient (Wildman–Crippen LogP) is 5.25. The standard InChI is InChI=1S/C21H21Cl2F2N7S/c1-27-14-9-21(24,25)11-20(14)2-5-31(6-3-20)19-29-10-13(18-28-4-7-32(18)19)33-12-8-15(26)30-17(23)16(12)22/h4,7-8,10,14H,1-3,5-6,9,11H2,(H2,26,30). The van der Waals surface area contributed by atoms with Crippen LogP contribution in [0.2, 0.25) is 10.2 Å². The summed E-state index contributed by atoms with van der Waals surface area (Å²) in [5.41, 5.74) is 6.02. The fourth-order valence-electron chi connectivity index (χ4n) is 5.00. The molecule has 2 N–H and O–H groups in total. The van der Waals surface area contributed by atoms with E-state index >= 15 is 0 Å². The van der Waals surface area contributed by atoms with E-state index in [1.807, 2.05) is 10.6 Å². The molecule has 7 nitrogen and oxygen atoms in total. The van der Waals surface area contributed by atoms with Crippen molar-refractivity contribution >= 4 is 59.1 Å². The highest BCUT2D eigenvalue weighted by molar-refractivity contribution is 7.99. The van der Waals surface area contributed by atoms with Crippen molar-refractivity contribution in [1.29, 1.82) is 0 Å². The Labute approximate surface area is 203 Å². The van der Waals surface area contributed by atoms with Crippen LogP contribution in [0.25, 0.3) is 5.65 Å². The van der Waals surface area contributed by atoms with Gasteiger partial charge in [-0.25, -0.2) is 23.7 Å². The molecule has 174 valence electrons. The van der Waals surface area contributed by atoms with Gasteiger partial charge >= 0.3 is 0 Å². The lowest BCUT2D eigenvalue weighted by molar-refractivity contribution is -0.00685. The number of hydrogen-bond donors (Lipinski definition) is 1. The van der Waals surface area contributed by atoms with Crippen LogP contribution in [-0.2, 0) is 0 Å². The number of piperidine rings is 1. The molecule has 0 aromatic carbocycles. The minimum absolute atomic E-state index is 0.126. The van der Waals surface area contributed by atoms with Gasteiger partial charge in [-0.15, -0.1) is 0 Å². The van der Waals surface area contributed by atoms with Crippen molar-refractivity contribution in [1.82, 2.24) is 19.4 Å². The maximum absolute atomic E-state index is 14.1. The Hall–Kier alpha value is -2.17. The summed E-state index contributed by atoms with van der Waals surface area (Å²) in [4.78, 5) is 20.7. The molecule has 5 rings (SSSR count). The number of anilines is 2. The van der Waals surface area contributed by atoms with Crippen LogP contribution in [0.1, 0.15) is 25.7 Å². The maximum atomic E-state index is 14.1. The zero-order valence-corrected chi connectivity index (χ0v) is 19.8. The highest BCUT2D eigenvalue weighted by Gasteiger charge is 2.56. The normalized spacial score (nSPS) is 21.7. The van der Waals surface area contributed by atoms with E-state index in [-0.39, 0.29) is 23.8 Å². The summed E-state index contributed by atoms with van der Waals surface area (Å²) < 4.78 is 30.2. The number of fused-ring (bicyclic) bond motifs is 1. The van der Waals surface area contributed by atoms with Crippen LogP contribution in [0.5, 0.6) is 0 Å². The van der Waals surface area contributed by atoms with Crippen LogP contribution >= 0.6 is 35.0 Å². The van der Waals surface area contributed by atoms with Crippen molar-refractivity contribution in [2.24, 2.45) is 10.4 Å². The number of halogens is 4. The summed E-state index contributed by atoms with van der Waals surface area (Å²) in [6.07, 6.45) is 6.15. The Morgan fingerprint density at radius 2 is 1.97 bits per heavy atom. The summed E-state index contributed by atoms with van der Waals surface area (Å²) in [5.74, 6) is -1.70. The molecule has 1 aliphatic heterocycles. The summed E-state index contributed by atoms with van der Waals surface area (Å²) in [7, 11) is 0. The minimum atomic E-state index is -2.68. The van der Waals surface area contributed by atoms with Crippen molar-refractivity contribution in [2.45, 2.75) is 47.4 Å². The van der Waals surface area contributed by atoms with Gasteiger partial charge in [-0.05, 0) is 25.6 Å². The second-order valence-corrected chi connectivity index (χ2v) is 10.4. The topological polar surface area (TPSA) is 84.7 Å². The highest BCUT2D eigenvalue weighted by atomic mass is 35.5. The van der Waals surface area contributed by atoms with E-state index in [4.69, 9.17) is 28.9 Å². The van der Waals surface area contributed by atoms with Gasteiger partial charge in [0.2, 0.25) is 5.95 Å². The number of nitrogens with two attached hydrogens (primary N) is 1. The largest absolute Gasteiger partial charge is 0.384 e. The fourth-order valence-corrected chi connectivity index (χ4v) is 6.42. The van der Waals surface area contributed by atoms with Gasteiger partial charge in [0.15, 0.2) is 10.8 Å². The molecule has 33 heavy (non-hydrogen) atoms. The lowest BCUT2D eigenvalue weighted by atomic mass is 9.74. The van der Waals surface area contributed by atoms with Crippen LogP contribution in [-0.4, -0.2) is 51.1 Å². The number of imidazole rings is 1. The van der Waals surface area contributed by atoms with Crippen molar-refractivity contribution in [2.75, 3.05) is 23.7 Å². The van der Waals surface area contributed by atoms with Crippen LogP contribution in [0, 0.1) is 5.41 Å². The quantitative estimate of drug-likeness (QED) is 0.380. The number of nitrogen functional groups attached to an aromatic ring is 1. The summed E-state index contributed by atoms with van der Waals surface area (Å²) >= 11 is 13.7. The van der Waals surface area contributed by atoms with Gasteiger partial charge in [-0.1, -0.05) is 35.0 Å². The summed E-state index contributed by atoms with van der Waals surface area (Å²) in [6.45, 7) is 4.79. The number of nitrogens with zero attached hydrogens (tertiary/aromatic N) is 6. The Balaban J connectivity index is 1.41. The molecule has 2 fully saturated rings.